The van der Waals surface area contributed by atoms with Crippen LogP contribution >= 0.6 is 23.1 Å². The van der Waals surface area contributed by atoms with Gasteiger partial charge in [0.2, 0.25) is 5.91 Å². The van der Waals surface area contributed by atoms with Crippen LogP contribution in [0.5, 0.6) is 0 Å². The van der Waals surface area contributed by atoms with E-state index >= 15 is 0 Å². The van der Waals surface area contributed by atoms with Crippen LogP contribution in [0.2, 0.25) is 0 Å². The summed E-state index contributed by atoms with van der Waals surface area (Å²) in [5.74, 6) is 1.98. The molecule has 8 heteroatoms. The first kappa shape index (κ1) is 16.4. The molecule has 0 aromatic carbocycles. The third-order valence-electron chi connectivity index (χ3n) is 3.68. The molecule has 2 heterocycles. The van der Waals surface area contributed by atoms with Crippen molar-refractivity contribution >= 4 is 29.0 Å². The van der Waals surface area contributed by atoms with Crippen LogP contribution in [0.4, 0.5) is 0 Å². The molecule has 6 nitrogen and oxygen atoms in total. The summed E-state index contributed by atoms with van der Waals surface area (Å²) >= 11 is 3.35. The molecule has 3 rings (SSSR count). The number of carbonyl (C=O) groups excluding carboxylic acids is 1. The molecule has 0 saturated heterocycles. The van der Waals surface area contributed by atoms with E-state index in [4.69, 9.17) is 5.73 Å². The van der Waals surface area contributed by atoms with E-state index in [0.717, 1.165) is 48.1 Å². The standard InChI is InChI=1S/C15H21N5OS2/c1-2-3-13-17-11(8-22-13)9-23-15-19-18-14(10-4-5-10)20(15)7-6-12(16)21/h8,10H,2-7,9H2,1H3,(H2,16,21). The maximum Gasteiger partial charge on any atom is 0.219 e. The van der Waals surface area contributed by atoms with E-state index in [2.05, 4.69) is 32.1 Å². The van der Waals surface area contributed by atoms with Crippen molar-refractivity contribution in [1.82, 2.24) is 19.7 Å². The van der Waals surface area contributed by atoms with Crippen LogP contribution in [0.25, 0.3) is 0 Å². The molecule has 1 fully saturated rings. The average Bonchev–Trinajstić information content (AvgIpc) is 3.13. The van der Waals surface area contributed by atoms with Gasteiger partial charge in [-0.25, -0.2) is 4.98 Å². The predicted molar refractivity (Wildman–Crippen MR) is 91.5 cm³/mol. The first-order chi connectivity index (χ1) is 11.2. The van der Waals surface area contributed by atoms with Gasteiger partial charge in [0.05, 0.1) is 10.7 Å². The van der Waals surface area contributed by atoms with Crippen LogP contribution in [0, 0.1) is 0 Å². The summed E-state index contributed by atoms with van der Waals surface area (Å²) in [6, 6.07) is 0. The molecule has 124 valence electrons. The highest BCUT2D eigenvalue weighted by atomic mass is 32.2. The minimum Gasteiger partial charge on any atom is -0.370 e. The second kappa shape index (κ2) is 7.44. The molecule has 23 heavy (non-hydrogen) atoms. The lowest BCUT2D eigenvalue weighted by Crippen LogP contribution is -2.15. The largest absolute Gasteiger partial charge is 0.370 e. The summed E-state index contributed by atoms with van der Waals surface area (Å²) in [5, 5.41) is 12.8. The summed E-state index contributed by atoms with van der Waals surface area (Å²) in [7, 11) is 0. The van der Waals surface area contributed by atoms with Crippen LogP contribution in [0.15, 0.2) is 10.5 Å². The maximum absolute atomic E-state index is 11.1. The van der Waals surface area contributed by atoms with Crippen LogP contribution in [-0.4, -0.2) is 25.7 Å². The van der Waals surface area contributed by atoms with Crippen molar-refractivity contribution in [1.29, 1.82) is 0 Å². The predicted octanol–water partition coefficient (Wildman–Crippen LogP) is 2.73. The summed E-state index contributed by atoms with van der Waals surface area (Å²) in [6.07, 6.45) is 4.79. The lowest BCUT2D eigenvalue weighted by molar-refractivity contribution is -0.118. The van der Waals surface area contributed by atoms with Gasteiger partial charge in [0, 0.05) is 30.0 Å². The molecule has 0 bridgehead atoms. The Balaban J connectivity index is 1.67. The van der Waals surface area contributed by atoms with Gasteiger partial charge in [-0.15, -0.1) is 21.5 Å². The zero-order chi connectivity index (χ0) is 16.2. The lowest BCUT2D eigenvalue weighted by Gasteiger charge is -2.08. The van der Waals surface area contributed by atoms with E-state index in [9.17, 15) is 4.79 Å². The Bertz CT molecular complexity index is 677. The fourth-order valence-corrected chi connectivity index (χ4v) is 4.23. The number of carbonyl (C=O) groups is 1. The van der Waals surface area contributed by atoms with Gasteiger partial charge in [-0.05, 0) is 25.7 Å². The Kier molecular flexibility index (Phi) is 5.32. The number of rotatable bonds is 9. The fourth-order valence-electron chi connectivity index (χ4n) is 2.36. The monoisotopic (exact) mass is 351 g/mol. The van der Waals surface area contributed by atoms with E-state index in [1.165, 1.54) is 5.01 Å². The van der Waals surface area contributed by atoms with Crippen molar-refractivity contribution in [2.45, 2.75) is 62.4 Å². The number of hydrogen-bond acceptors (Lipinski definition) is 6. The number of aryl methyl sites for hydroxylation is 1. The number of thioether (sulfide) groups is 1. The van der Waals surface area contributed by atoms with Gasteiger partial charge in [-0.2, -0.15) is 0 Å². The first-order valence-electron chi connectivity index (χ1n) is 7.94. The van der Waals surface area contributed by atoms with Gasteiger partial charge in [-0.3, -0.25) is 4.79 Å². The smallest absolute Gasteiger partial charge is 0.219 e. The highest BCUT2D eigenvalue weighted by Crippen LogP contribution is 2.40. The van der Waals surface area contributed by atoms with Crippen molar-refractivity contribution in [3.63, 3.8) is 0 Å². The zero-order valence-electron chi connectivity index (χ0n) is 13.2. The molecule has 0 unspecified atom stereocenters. The van der Waals surface area contributed by atoms with Crippen molar-refractivity contribution in [2.24, 2.45) is 5.73 Å². The summed E-state index contributed by atoms with van der Waals surface area (Å²) in [5.41, 5.74) is 6.37. The topological polar surface area (TPSA) is 86.7 Å². The summed E-state index contributed by atoms with van der Waals surface area (Å²) < 4.78 is 2.06. The highest BCUT2D eigenvalue weighted by molar-refractivity contribution is 7.98. The maximum atomic E-state index is 11.1. The van der Waals surface area contributed by atoms with Gasteiger partial charge >= 0.3 is 0 Å². The SMILES string of the molecule is CCCc1nc(CSc2nnc(C3CC3)n2CCC(N)=O)cs1. The third kappa shape index (κ3) is 4.32. The van der Waals surface area contributed by atoms with Gasteiger partial charge in [0.1, 0.15) is 5.82 Å². The Labute approximate surface area is 143 Å². The fraction of sp³-hybridized carbons (Fsp3) is 0.600. The Morgan fingerprint density at radius 2 is 2.30 bits per heavy atom. The quantitative estimate of drug-likeness (QED) is 0.702. The van der Waals surface area contributed by atoms with Crippen molar-refractivity contribution < 1.29 is 4.79 Å². The Morgan fingerprint density at radius 3 is 3.00 bits per heavy atom. The number of hydrogen-bond donors (Lipinski definition) is 1. The molecule has 2 aromatic rings. The first-order valence-corrected chi connectivity index (χ1v) is 9.81. The van der Waals surface area contributed by atoms with Gasteiger partial charge in [-0.1, -0.05) is 18.7 Å². The number of aromatic nitrogens is 4. The minimum atomic E-state index is -0.292. The molecule has 0 atom stereocenters. The van der Waals surface area contributed by atoms with Crippen molar-refractivity contribution in [2.75, 3.05) is 0 Å². The minimum absolute atomic E-state index is 0.292. The Hall–Kier alpha value is -1.41. The van der Waals surface area contributed by atoms with Crippen LogP contribution in [0.1, 0.15) is 55.1 Å². The lowest BCUT2D eigenvalue weighted by atomic mass is 10.3. The van der Waals surface area contributed by atoms with Crippen LogP contribution in [0.3, 0.4) is 0 Å². The summed E-state index contributed by atoms with van der Waals surface area (Å²) in [4.78, 5) is 15.7. The number of thiazole rings is 1. The Morgan fingerprint density at radius 1 is 1.48 bits per heavy atom. The van der Waals surface area contributed by atoms with E-state index in [1.54, 1.807) is 23.1 Å². The molecular formula is C15H21N5OS2. The van der Waals surface area contributed by atoms with Crippen LogP contribution < -0.4 is 5.73 Å². The van der Waals surface area contributed by atoms with E-state index < -0.39 is 0 Å². The van der Waals surface area contributed by atoms with E-state index in [1.807, 2.05) is 0 Å². The number of amides is 1. The van der Waals surface area contributed by atoms with Crippen molar-refractivity contribution in [3.8, 4) is 0 Å². The second-order valence-corrected chi connectivity index (χ2v) is 7.64. The molecule has 1 saturated carbocycles. The zero-order valence-corrected chi connectivity index (χ0v) is 14.8. The average molecular weight is 352 g/mol. The molecule has 1 aliphatic rings. The molecule has 0 radical (unpaired) electrons. The molecule has 1 aliphatic carbocycles. The molecule has 2 aromatic heterocycles. The molecule has 2 N–H and O–H groups in total. The van der Waals surface area contributed by atoms with E-state index in [-0.39, 0.29) is 5.91 Å². The molecule has 0 spiro atoms. The number of nitrogens with two attached hydrogens (primary N) is 1. The summed E-state index contributed by atoms with van der Waals surface area (Å²) in [6.45, 7) is 2.73. The number of nitrogens with zero attached hydrogens (tertiary/aromatic N) is 4. The molecule has 0 aliphatic heterocycles. The van der Waals surface area contributed by atoms with Gasteiger partial charge in [0.25, 0.3) is 0 Å². The van der Waals surface area contributed by atoms with Crippen LogP contribution in [-0.2, 0) is 23.5 Å². The molecule has 1 amide bonds. The van der Waals surface area contributed by atoms with E-state index in [0.29, 0.717) is 18.9 Å². The van der Waals surface area contributed by atoms with Crippen molar-refractivity contribution in [3.05, 3.63) is 21.9 Å². The van der Waals surface area contributed by atoms with Gasteiger partial charge < -0.3 is 10.3 Å². The molecular weight excluding hydrogens is 330 g/mol. The normalized spacial score (nSPS) is 14.3. The second-order valence-electron chi connectivity index (χ2n) is 5.75. The highest BCUT2D eigenvalue weighted by Gasteiger charge is 2.30. The number of primary amides is 1. The third-order valence-corrected chi connectivity index (χ3v) is 5.64. The van der Waals surface area contributed by atoms with Gasteiger partial charge in [0.15, 0.2) is 5.16 Å².